The van der Waals surface area contributed by atoms with Crippen molar-refractivity contribution in [3.63, 3.8) is 0 Å². The van der Waals surface area contributed by atoms with Gasteiger partial charge in [-0.1, -0.05) is 152 Å². The quantitative estimate of drug-likeness (QED) is 0.158. The molecule has 0 saturated heterocycles. The minimum absolute atomic E-state index is 0.859. The standard InChI is InChI=1S/C56H36N2O/c1-2-15-41(16-3-1)57(42-31-28-37(29-32-42)39-30-33-44-40(36-39)27-26-38-14-4-5-17-43(38)44)53-35-34-48-47-20-9-13-25-54(47)59-56(48)55(53)49-21-8-12-24-52(49)58-50-22-10-6-18-45(50)46-19-7-11-23-51(46)58/h1-36H. The first-order chi connectivity index (χ1) is 29.3. The molecule has 0 radical (unpaired) electrons. The third-order valence-corrected chi connectivity index (χ3v) is 12.0. The minimum atomic E-state index is 0.859. The number of nitrogens with zero attached hydrogens (tertiary/aromatic N) is 2. The van der Waals surface area contributed by atoms with Crippen LogP contribution in [0.2, 0.25) is 0 Å². The van der Waals surface area contributed by atoms with Crippen LogP contribution in [0.4, 0.5) is 17.1 Å². The zero-order chi connectivity index (χ0) is 38.9. The van der Waals surface area contributed by atoms with Crippen molar-refractivity contribution in [1.82, 2.24) is 4.57 Å². The first-order valence-corrected chi connectivity index (χ1v) is 20.2. The van der Waals surface area contributed by atoms with E-state index in [1.54, 1.807) is 0 Å². The summed E-state index contributed by atoms with van der Waals surface area (Å²) in [6, 6.07) is 78.6. The predicted molar refractivity (Wildman–Crippen MR) is 249 cm³/mol. The summed E-state index contributed by atoms with van der Waals surface area (Å²) in [6.07, 6.45) is 0. The van der Waals surface area contributed by atoms with Gasteiger partial charge in [-0.25, -0.2) is 0 Å². The van der Waals surface area contributed by atoms with Gasteiger partial charge in [-0.05, 0) is 99.4 Å². The highest BCUT2D eigenvalue weighted by molar-refractivity contribution is 6.15. The summed E-state index contributed by atoms with van der Waals surface area (Å²) < 4.78 is 9.37. The van der Waals surface area contributed by atoms with Gasteiger partial charge in [0.15, 0.2) is 0 Å². The molecule has 0 aliphatic heterocycles. The maximum atomic E-state index is 6.95. The Kier molecular flexibility index (Phi) is 7.54. The lowest BCUT2D eigenvalue weighted by Crippen LogP contribution is -2.11. The van der Waals surface area contributed by atoms with E-state index in [4.69, 9.17) is 4.42 Å². The van der Waals surface area contributed by atoms with Crippen LogP contribution in [0, 0.1) is 0 Å². The summed E-state index contributed by atoms with van der Waals surface area (Å²) in [7, 11) is 0. The molecule has 3 heteroatoms. The number of para-hydroxylation sites is 5. The number of anilines is 3. The maximum Gasteiger partial charge on any atom is 0.145 e. The highest BCUT2D eigenvalue weighted by Crippen LogP contribution is 2.49. The molecule has 0 N–H and O–H groups in total. The molecule has 276 valence electrons. The molecule has 0 atom stereocenters. The van der Waals surface area contributed by atoms with E-state index in [9.17, 15) is 0 Å². The van der Waals surface area contributed by atoms with Crippen LogP contribution < -0.4 is 4.90 Å². The van der Waals surface area contributed by atoms with Crippen LogP contribution >= 0.6 is 0 Å². The molecule has 0 aliphatic carbocycles. The van der Waals surface area contributed by atoms with E-state index in [0.717, 1.165) is 66.8 Å². The second-order valence-electron chi connectivity index (χ2n) is 15.3. The zero-order valence-corrected chi connectivity index (χ0v) is 32.1. The number of hydrogen-bond acceptors (Lipinski definition) is 2. The van der Waals surface area contributed by atoms with E-state index < -0.39 is 0 Å². The second-order valence-corrected chi connectivity index (χ2v) is 15.3. The average molecular weight is 753 g/mol. The van der Waals surface area contributed by atoms with Crippen molar-refractivity contribution in [2.45, 2.75) is 0 Å². The molecular formula is C56H36N2O. The lowest BCUT2D eigenvalue weighted by Gasteiger charge is -2.29. The first kappa shape index (κ1) is 33.3. The number of hydrogen-bond donors (Lipinski definition) is 0. The van der Waals surface area contributed by atoms with Crippen molar-refractivity contribution in [2.75, 3.05) is 4.90 Å². The predicted octanol–water partition coefficient (Wildman–Crippen LogP) is 15.8. The molecule has 12 rings (SSSR count). The lowest BCUT2D eigenvalue weighted by atomic mass is 9.96. The fourth-order valence-corrected chi connectivity index (χ4v) is 9.29. The molecule has 0 amide bonds. The minimum Gasteiger partial charge on any atom is -0.455 e. The van der Waals surface area contributed by atoms with Gasteiger partial charge in [-0.3, -0.25) is 0 Å². The summed E-state index contributed by atoms with van der Waals surface area (Å²) in [4.78, 5) is 2.38. The SMILES string of the molecule is c1ccc(N(c2ccc(-c3ccc4c(ccc5ccccc54)c3)cc2)c2ccc3c(oc4ccccc43)c2-c2ccccc2-n2c3ccccc3c3ccccc32)cc1. The zero-order valence-electron chi connectivity index (χ0n) is 32.1. The van der Waals surface area contributed by atoms with Crippen LogP contribution in [0.5, 0.6) is 0 Å². The molecule has 10 aromatic carbocycles. The van der Waals surface area contributed by atoms with Crippen molar-refractivity contribution >= 4 is 82.4 Å². The van der Waals surface area contributed by atoms with Gasteiger partial charge in [-0.2, -0.15) is 0 Å². The Morgan fingerprint density at radius 2 is 0.949 bits per heavy atom. The van der Waals surface area contributed by atoms with E-state index >= 15 is 0 Å². The fourth-order valence-electron chi connectivity index (χ4n) is 9.29. The second kappa shape index (κ2) is 13.4. The smallest absolute Gasteiger partial charge is 0.145 e. The van der Waals surface area contributed by atoms with Crippen LogP contribution in [0.15, 0.2) is 223 Å². The van der Waals surface area contributed by atoms with E-state index in [0.29, 0.717) is 0 Å². The molecule has 0 spiro atoms. The van der Waals surface area contributed by atoms with Gasteiger partial charge in [0.1, 0.15) is 11.2 Å². The number of rotatable bonds is 6. The van der Waals surface area contributed by atoms with E-state index in [1.165, 1.54) is 43.4 Å². The molecule has 0 saturated carbocycles. The molecule has 59 heavy (non-hydrogen) atoms. The third-order valence-electron chi connectivity index (χ3n) is 12.0. The Balaban J connectivity index is 1.09. The van der Waals surface area contributed by atoms with Crippen molar-refractivity contribution in [1.29, 1.82) is 0 Å². The van der Waals surface area contributed by atoms with Crippen molar-refractivity contribution in [2.24, 2.45) is 0 Å². The van der Waals surface area contributed by atoms with Gasteiger partial charge < -0.3 is 13.9 Å². The molecule has 0 unspecified atom stereocenters. The molecule has 3 nitrogen and oxygen atoms in total. The Hall–Kier alpha value is -7.88. The summed E-state index contributed by atoms with van der Waals surface area (Å²) in [5.74, 6) is 0. The van der Waals surface area contributed by atoms with E-state index in [2.05, 4.69) is 222 Å². The van der Waals surface area contributed by atoms with Gasteiger partial charge in [-0.15, -0.1) is 0 Å². The normalized spacial score (nSPS) is 11.7. The van der Waals surface area contributed by atoms with Crippen LogP contribution in [-0.4, -0.2) is 4.57 Å². The Morgan fingerprint density at radius 3 is 1.75 bits per heavy atom. The van der Waals surface area contributed by atoms with Gasteiger partial charge in [0.05, 0.1) is 28.0 Å². The Morgan fingerprint density at radius 1 is 0.373 bits per heavy atom. The topological polar surface area (TPSA) is 21.3 Å². The number of fused-ring (bicyclic) bond motifs is 9. The molecule has 0 aliphatic rings. The highest BCUT2D eigenvalue weighted by atomic mass is 16.3. The van der Waals surface area contributed by atoms with E-state index in [-0.39, 0.29) is 0 Å². The molecule has 2 aromatic heterocycles. The Labute approximate surface area is 341 Å². The first-order valence-electron chi connectivity index (χ1n) is 20.2. The monoisotopic (exact) mass is 752 g/mol. The summed E-state index contributed by atoms with van der Waals surface area (Å²) in [6.45, 7) is 0. The molecule has 0 bridgehead atoms. The van der Waals surface area contributed by atoms with Gasteiger partial charge in [0.25, 0.3) is 0 Å². The Bertz CT molecular complexity index is 3500. The van der Waals surface area contributed by atoms with Crippen LogP contribution in [0.3, 0.4) is 0 Å². The van der Waals surface area contributed by atoms with Crippen molar-refractivity contribution in [3.05, 3.63) is 218 Å². The van der Waals surface area contributed by atoms with Crippen molar-refractivity contribution < 1.29 is 4.42 Å². The van der Waals surface area contributed by atoms with Gasteiger partial charge in [0.2, 0.25) is 0 Å². The number of furan rings is 1. The van der Waals surface area contributed by atoms with Gasteiger partial charge >= 0.3 is 0 Å². The number of aromatic nitrogens is 1. The molecule has 12 aromatic rings. The highest BCUT2D eigenvalue weighted by Gasteiger charge is 2.25. The molecule has 0 fully saturated rings. The van der Waals surface area contributed by atoms with Crippen molar-refractivity contribution in [3.8, 4) is 27.9 Å². The summed E-state index contributed by atoms with van der Waals surface area (Å²) in [5, 5.41) is 9.69. The van der Waals surface area contributed by atoms with Crippen LogP contribution in [0.1, 0.15) is 0 Å². The van der Waals surface area contributed by atoms with E-state index in [1.807, 2.05) is 6.07 Å². The van der Waals surface area contributed by atoms with Crippen LogP contribution in [0.25, 0.3) is 93.2 Å². The molecular weight excluding hydrogens is 717 g/mol. The summed E-state index contributed by atoms with van der Waals surface area (Å²) in [5.41, 5.74) is 12.8. The fraction of sp³-hybridized carbons (Fsp3) is 0. The maximum absolute atomic E-state index is 6.95. The van der Waals surface area contributed by atoms with Crippen LogP contribution in [-0.2, 0) is 0 Å². The lowest BCUT2D eigenvalue weighted by molar-refractivity contribution is 0.670. The third kappa shape index (κ3) is 5.29. The average Bonchev–Trinajstić information content (AvgIpc) is 3.85. The van der Waals surface area contributed by atoms with Gasteiger partial charge in [0, 0.05) is 38.5 Å². The summed E-state index contributed by atoms with van der Waals surface area (Å²) >= 11 is 0. The largest absolute Gasteiger partial charge is 0.455 e. The molecule has 2 heterocycles. The number of benzene rings is 10.